The van der Waals surface area contributed by atoms with Crippen LogP contribution in [0.3, 0.4) is 0 Å². The predicted octanol–water partition coefficient (Wildman–Crippen LogP) is 2.36. The summed E-state index contributed by atoms with van der Waals surface area (Å²) in [4.78, 5) is 16.6. The third-order valence-corrected chi connectivity index (χ3v) is 3.64. The Morgan fingerprint density at radius 2 is 2.15 bits per heavy atom. The Balaban J connectivity index is 2.03. The van der Waals surface area contributed by atoms with E-state index in [9.17, 15) is 4.79 Å². The van der Waals surface area contributed by atoms with Crippen LogP contribution in [-0.2, 0) is 6.42 Å². The summed E-state index contributed by atoms with van der Waals surface area (Å²) < 4.78 is 0. The summed E-state index contributed by atoms with van der Waals surface area (Å²) >= 11 is 1.18. The van der Waals surface area contributed by atoms with Gasteiger partial charge in [-0.1, -0.05) is 48.1 Å². The van der Waals surface area contributed by atoms with Gasteiger partial charge in [-0.25, -0.2) is 10.4 Å². The number of hydrazone groups is 1. The molecule has 0 aliphatic rings. The van der Waals surface area contributed by atoms with Gasteiger partial charge >= 0.3 is 0 Å². The Labute approximate surface area is 121 Å². The first-order valence-electron chi connectivity index (χ1n) is 6.25. The first-order chi connectivity index (χ1) is 9.60. The van der Waals surface area contributed by atoms with Crippen LogP contribution in [0.15, 0.2) is 29.4 Å². The molecule has 0 aliphatic carbocycles. The molecule has 6 heteroatoms. The van der Waals surface area contributed by atoms with Crippen LogP contribution in [0.1, 0.15) is 33.4 Å². The molecule has 1 heterocycles. The lowest BCUT2D eigenvalue weighted by Crippen LogP contribution is -2.17. The lowest BCUT2D eigenvalue weighted by atomic mass is 10.2. The van der Waals surface area contributed by atoms with E-state index in [1.807, 2.05) is 38.1 Å². The number of nitrogens with one attached hydrogen (secondary N) is 1. The largest absolute Gasteiger partial charge is 0.375 e. The molecular weight excluding hydrogens is 272 g/mol. The van der Waals surface area contributed by atoms with E-state index >= 15 is 0 Å². The van der Waals surface area contributed by atoms with Crippen molar-refractivity contribution in [3.8, 4) is 0 Å². The summed E-state index contributed by atoms with van der Waals surface area (Å²) in [5, 5.41) is 4.34. The number of hydrogen-bond acceptors (Lipinski definition) is 5. The van der Waals surface area contributed by atoms with Crippen molar-refractivity contribution in [2.45, 2.75) is 20.3 Å². The molecule has 3 N–H and O–H groups in total. The minimum absolute atomic E-state index is 0.278. The van der Waals surface area contributed by atoms with E-state index in [0.717, 1.165) is 5.56 Å². The van der Waals surface area contributed by atoms with Gasteiger partial charge in [0.1, 0.15) is 4.88 Å². The zero-order valence-corrected chi connectivity index (χ0v) is 12.2. The van der Waals surface area contributed by atoms with Crippen molar-refractivity contribution < 1.29 is 4.79 Å². The molecular formula is C14H16N4OS. The molecule has 2 aromatic rings. The number of hydrogen-bond donors (Lipinski definition) is 2. The van der Waals surface area contributed by atoms with E-state index in [-0.39, 0.29) is 5.91 Å². The van der Waals surface area contributed by atoms with Crippen LogP contribution >= 0.6 is 11.3 Å². The highest BCUT2D eigenvalue weighted by molar-refractivity contribution is 7.17. The lowest BCUT2D eigenvalue weighted by Gasteiger charge is -1.98. The molecule has 0 fully saturated rings. The number of carbonyl (C=O) groups excluding carboxylic acids is 1. The fourth-order valence-corrected chi connectivity index (χ4v) is 2.47. The van der Waals surface area contributed by atoms with Crippen LogP contribution < -0.4 is 11.2 Å². The fraction of sp³-hybridized carbons (Fsp3) is 0.214. The molecule has 0 saturated heterocycles. The quantitative estimate of drug-likeness (QED) is 0.669. The molecule has 1 aromatic heterocycles. The van der Waals surface area contributed by atoms with E-state index in [0.29, 0.717) is 22.1 Å². The maximum Gasteiger partial charge on any atom is 0.283 e. The van der Waals surface area contributed by atoms with Gasteiger partial charge in [-0.15, -0.1) is 0 Å². The first kappa shape index (κ1) is 14.2. The Bertz CT molecular complexity index is 631. The average molecular weight is 288 g/mol. The monoisotopic (exact) mass is 288 g/mol. The number of nitrogens with two attached hydrogens (primary N) is 1. The molecule has 0 unspecified atom stereocenters. The van der Waals surface area contributed by atoms with Gasteiger partial charge in [0, 0.05) is 0 Å². The van der Waals surface area contributed by atoms with Gasteiger partial charge in [0.2, 0.25) is 0 Å². The number of carbonyl (C=O) groups is 1. The first-order valence-corrected chi connectivity index (χ1v) is 7.07. The number of aromatic nitrogens is 1. The Hall–Kier alpha value is -2.21. The maximum absolute atomic E-state index is 12.0. The van der Waals surface area contributed by atoms with Crippen LogP contribution in [-0.4, -0.2) is 17.1 Å². The zero-order valence-electron chi connectivity index (χ0n) is 11.4. The molecule has 2 rings (SSSR count). The van der Waals surface area contributed by atoms with Gasteiger partial charge in [0.15, 0.2) is 5.13 Å². The summed E-state index contributed by atoms with van der Waals surface area (Å²) in [7, 11) is 0. The summed E-state index contributed by atoms with van der Waals surface area (Å²) in [6.07, 6.45) is 2.27. The Kier molecular flexibility index (Phi) is 4.47. The molecule has 1 aromatic carbocycles. The second kappa shape index (κ2) is 6.29. The highest BCUT2D eigenvalue weighted by Gasteiger charge is 2.15. The van der Waals surface area contributed by atoms with Gasteiger partial charge < -0.3 is 5.73 Å². The summed E-state index contributed by atoms with van der Waals surface area (Å²) in [6.45, 7) is 3.95. The smallest absolute Gasteiger partial charge is 0.283 e. The summed E-state index contributed by atoms with van der Waals surface area (Å²) in [5.41, 5.74) is 10.9. The van der Waals surface area contributed by atoms with Crippen molar-refractivity contribution in [3.05, 3.63) is 46.0 Å². The molecule has 1 amide bonds. The third kappa shape index (κ3) is 3.42. The van der Waals surface area contributed by atoms with E-state index in [2.05, 4.69) is 15.5 Å². The van der Waals surface area contributed by atoms with Crippen molar-refractivity contribution in [1.82, 2.24) is 10.4 Å². The van der Waals surface area contributed by atoms with Crippen molar-refractivity contribution in [1.29, 1.82) is 0 Å². The van der Waals surface area contributed by atoms with Crippen LogP contribution in [0.5, 0.6) is 0 Å². The minimum Gasteiger partial charge on any atom is -0.375 e. The van der Waals surface area contributed by atoms with Gasteiger partial charge in [-0.2, -0.15) is 5.10 Å². The van der Waals surface area contributed by atoms with Crippen LogP contribution in [0.25, 0.3) is 0 Å². The number of benzene rings is 1. The molecule has 5 nitrogen and oxygen atoms in total. The number of amides is 1. The standard InChI is InChI=1S/C14H16N4OS/c1-3-11-12(20-14(15)17-11)13(19)18-16-8-10-6-4-9(2)5-7-10/h4-8H,3H2,1-2H3,(H2,15,17)(H,18,19)/b16-8-. The maximum atomic E-state index is 12.0. The number of aryl methyl sites for hydroxylation is 2. The van der Waals surface area contributed by atoms with Gasteiger partial charge in [-0.05, 0) is 18.9 Å². The van der Waals surface area contributed by atoms with Crippen molar-refractivity contribution >= 4 is 28.6 Å². The summed E-state index contributed by atoms with van der Waals surface area (Å²) in [6, 6.07) is 7.85. The van der Waals surface area contributed by atoms with Crippen molar-refractivity contribution in [2.75, 3.05) is 5.73 Å². The number of anilines is 1. The molecule has 0 radical (unpaired) electrons. The van der Waals surface area contributed by atoms with E-state index in [1.54, 1.807) is 6.21 Å². The topological polar surface area (TPSA) is 80.4 Å². The fourth-order valence-electron chi connectivity index (χ4n) is 1.66. The lowest BCUT2D eigenvalue weighted by molar-refractivity contribution is 0.0958. The molecule has 0 spiro atoms. The normalized spacial score (nSPS) is 10.9. The molecule has 0 saturated carbocycles. The van der Waals surface area contributed by atoms with Gasteiger partial charge in [0.25, 0.3) is 5.91 Å². The number of thiazole rings is 1. The Morgan fingerprint density at radius 1 is 1.45 bits per heavy atom. The number of nitrogens with zero attached hydrogens (tertiary/aromatic N) is 2. The molecule has 0 aliphatic heterocycles. The zero-order chi connectivity index (χ0) is 14.5. The second-order valence-electron chi connectivity index (χ2n) is 4.29. The predicted molar refractivity (Wildman–Crippen MR) is 82.1 cm³/mol. The van der Waals surface area contributed by atoms with Gasteiger partial charge in [-0.3, -0.25) is 4.79 Å². The third-order valence-electron chi connectivity index (χ3n) is 2.71. The molecule has 0 bridgehead atoms. The van der Waals surface area contributed by atoms with Crippen LogP contribution in [0.4, 0.5) is 5.13 Å². The van der Waals surface area contributed by atoms with Crippen LogP contribution in [0, 0.1) is 6.92 Å². The molecule has 20 heavy (non-hydrogen) atoms. The summed E-state index contributed by atoms with van der Waals surface area (Å²) in [5.74, 6) is -0.278. The van der Waals surface area contributed by atoms with E-state index in [4.69, 9.17) is 5.73 Å². The number of nitrogen functional groups attached to an aromatic ring is 1. The van der Waals surface area contributed by atoms with Crippen molar-refractivity contribution in [3.63, 3.8) is 0 Å². The van der Waals surface area contributed by atoms with Crippen molar-refractivity contribution in [2.24, 2.45) is 5.10 Å². The Morgan fingerprint density at radius 3 is 2.80 bits per heavy atom. The highest BCUT2D eigenvalue weighted by atomic mass is 32.1. The number of rotatable bonds is 4. The average Bonchev–Trinajstić information content (AvgIpc) is 2.82. The minimum atomic E-state index is -0.278. The molecule has 104 valence electrons. The highest BCUT2D eigenvalue weighted by Crippen LogP contribution is 2.20. The van der Waals surface area contributed by atoms with E-state index < -0.39 is 0 Å². The second-order valence-corrected chi connectivity index (χ2v) is 5.32. The van der Waals surface area contributed by atoms with Gasteiger partial charge in [0.05, 0.1) is 11.9 Å². The SMILES string of the molecule is CCc1nc(N)sc1C(=O)N/N=C\c1ccc(C)cc1. The van der Waals surface area contributed by atoms with Crippen LogP contribution in [0.2, 0.25) is 0 Å². The van der Waals surface area contributed by atoms with E-state index in [1.165, 1.54) is 16.9 Å². The molecule has 0 atom stereocenters.